The maximum absolute atomic E-state index is 12.6. The Morgan fingerprint density at radius 2 is 1.85 bits per heavy atom. The zero-order valence-electron chi connectivity index (χ0n) is 13.9. The van der Waals surface area contributed by atoms with Crippen molar-refractivity contribution >= 4 is 33.3 Å². The van der Waals surface area contributed by atoms with Crippen LogP contribution in [0.15, 0.2) is 41.3 Å². The molecule has 0 bridgehead atoms. The largest absolute Gasteiger partial charge is 0.497 e. The zero-order valence-corrected chi connectivity index (χ0v) is 15.4. The molecule has 0 saturated heterocycles. The Bertz CT molecular complexity index is 915. The molecule has 2 aromatic rings. The van der Waals surface area contributed by atoms with E-state index in [1.54, 1.807) is 6.07 Å². The van der Waals surface area contributed by atoms with Gasteiger partial charge in [0.15, 0.2) is 6.61 Å². The molecule has 0 unspecified atom stereocenters. The van der Waals surface area contributed by atoms with E-state index in [0.717, 1.165) is 6.07 Å². The summed E-state index contributed by atoms with van der Waals surface area (Å²) >= 11 is 5.97. The molecule has 140 valence electrons. The molecular formula is C16H16ClNO7S. The number of methoxy groups -OCH3 is 2. The highest BCUT2D eigenvalue weighted by Crippen LogP contribution is 2.32. The van der Waals surface area contributed by atoms with Crippen molar-refractivity contribution in [1.82, 2.24) is 0 Å². The van der Waals surface area contributed by atoms with Gasteiger partial charge < -0.3 is 19.3 Å². The molecule has 0 heterocycles. The normalized spacial score (nSPS) is 10.9. The van der Waals surface area contributed by atoms with Crippen molar-refractivity contribution in [2.24, 2.45) is 0 Å². The summed E-state index contributed by atoms with van der Waals surface area (Å²) in [4.78, 5) is 10.4. The lowest BCUT2D eigenvalue weighted by molar-refractivity contribution is -0.139. The summed E-state index contributed by atoms with van der Waals surface area (Å²) in [6.45, 7) is -0.590. The van der Waals surface area contributed by atoms with Gasteiger partial charge in [-0.3, -0.25) is 4.72 Å². The molecule has 0 fully saturated rings. The first-order valence-corrected chi connectivity index (χ1v) is 9.02. The van der Waals surface area contributed by atoms with Crippen molar-refractivity contribution in [1.29, 1.82) is 0 Å². The third kappa shape index (κ3) is 4.70. The quantitative estimate of drug-likeness (QED) is 0.699. The average molecular weight is 402 g/mol. The van der Waals surface area contributed by atoms with Crippen molar-refractivity contribution in [3.63, 3.8) is 0 Å². The fourth-order valence-corrected chi connectivity index (χ4v) is 3.39. The third-order valence-corrected chi connectivity index (χ3v) is 4.88. The van der Waals surface area contributed by atoms with Gasteiger partial charge in [-0.2, -0.15) is 0 Å². The summed E-state index contributed by atoms with van der Waals surface area (Å²) in [5.74, 6) is -0.325. The van der Waals surface area contributed by atoms with E-state index in [0.29, 0.717) is 5.75 Å². The second kappa shape index (κ2) is 8.15. The zero-order chi connectivity index (χ0) is 19.3. The number of sulfonamides is 1. The van der Waals surface area contributed by atoms with Crippen molar-refractivity contribution in [3.05, 3.63) is 41.4 Å². The summed E-state index contributed by atoms with van der Waals surface area (Å²) in [7, 11) is -1.08. The van der Waals surface area contributed by atoms with Gasteiger partial charge in [0.25, 0.3) is 10.0 Å². The lowest BCUT2D eigenvalue weighted by atomic mass is 10.3. The number of ether oxygens (including phenoxy) is 3. The summed E-state index contributed by atoms with van der Waals surface area (Å²) in [6, 6.07) is 8.31. The Morgan fingerprint density at radius 3 is 2.42 bits per heavy atom. The third-order valence-electron chi connectivity index (χ3n) is 3.22. The first-order chi connectivity index (χ1) is 12.3. The van der Waals surface area contributed by atoms with Gasteiger partial charge in [-0.05, 0) is 30.3 Å². The van der Waals surface area contributed by atoms with Gasteiger partial charge in [-0.1, -0.05) is 11.6 Å². The number of halogens is 1. The van der Waals surface area contributed by atoms with Crippen molar-refractivity contribution < 1.29 is 32.5 Å². The van der Waals surface area contributed by atoms with Gasteiger partial charge in [0, 0.05) is 6.07 Å². The van der Waals surface area contributed by atoms with Crippen LogP contribution in [-0.4, -0.2) is 40.3 Å². The molecule has 2 aromatic carbocycles. The van der Waals surface area contributed by atoms with Gasteiger partial charge in [-0.15, -0.1) is 0 Å². The molecule has 8 nitrogen and oxygen atoms in total. The first-order valence-electron chi connectivity index (χ1n) is 7.16. The van der Waals surface area contributed by atoms with E-state index in [4.69, 9.17) is 30.9 Å². The minimum Gasteiger partial charge on any atom is -0.497 e. The minimum absolute atomic E-state index is 0.0316. The van der Waals surface area contributed by atoms with Gasteiger partial charge in [-0.25, -0.2) is 13.2 Å². The van der Waals surface area contributed by atoms with Gasteiger partial charge in [0.2, 0.25) is 0 Å². The molecule has 10 heteroatoms. The van der Waals surface area contributed by atoms with Crippen LogP contribution in [0.2, 0.25) is 5.02 Å². The lowest BCUT2D eigenvalue weighted by Crippen LogP contribution is -2.14. The van der Waals surface area contributed by atoms with E-state index in [2.05, 4.69) is 4.72 Å². The molecule has 2 rings (SSSR count). The number of benzene rings is 2. The van der Waals surface area contributed by atoms with Crippen LogP contribution >= 0.6 is 11.6 Å². The van der Waals surface area contributed by atoms with Crippen molar-refractivity contribution in [2.45, 2.75) is 4.90 Å². The van der Waals surface area contributed by atoms with Crippen LogP contribution in [-0.2, 0) is 14.8 Å². The Morgan fingerprint density at radius 1 is 1.12 bits per heavy atom. The highest BCUT2D eigenvalue weighted by Gasteiger charge is 2.19. The minimum atomic E-state index is -3.96. The molecule has 0 radical (unpaired) electrons. The Kier molecular flexibility index (Phi) is 6.17. The van der Waals surface area contributed by atoms with E-state index in [1.165, 1.54) is 38.5 Å². The molecule has 0 spiro atoms. The van der Waals surface area contributed by atoms with Crippen LogP contribution in [0.25, 0.3) is 0 Å². The maximum Gasteiger partial charge on any atom is 0.341 e. The van der Waals surface area contributed by atoms with Crippen molar-refractivity contribution in [2.75, 3.05) is 25.5 Å². The second-order valence-corrected chi connectivity index (χ2v) is 7.04. The molecule has 26 heavy (non-hydrogen) atoms. The monoisotopic (exact) mass is 401 g/mol. The predicted molar refractivity (Wildman–Crippen MR) is 94.9 cm³/mol. The number of aliphatic carboxylic acids is 1. The molecule has 0 aliphatic rings. The van der Waals surface area contributed by atoms with E-state index in [1.807, 2.05) is 0 Å². The summed E-state index contributed by atoms with van der Waals surface area (Å²) in [6.07, 6.45) is 0. The number of carbonyl (C=O) groups is 1. The standard InChI is InChI=1S/C16H16ClNO7S/c1-23-10-3-5-13(15(7-10)24-2)18-26(21,22)11-4-6-14(12(17)8-11)25-9-16(19)20/h3-8,18H,9H2,1-2H3,(H,19,20). The van der Waals surface area contributed by atoms with Crippen LogP contribution in [0, 0.1) is 0 Å². The average Bonchev–Trinajstić information content (AvgIpc) is 2.60. The second-order valence-electron chi connectivity index (χ2n) is 4.95. The number of nitrogens with one attached hydrogen (secondary N) is 1. The summed E-state index contributed by atoms with van der Waals surface area (Å²) in [5.41, 5.74) is 0.218. The number of rotatable bonds is 8. The van der Waals surface area contributed by atoms with E-state index in [-0.39, 0.29) is 27.1 Å². The molecule has 0 aliphatic heterocycles. The summed E-state index contributed by atoms with van der Waals surface area (Å²) in [5, 5.41) is 8.57. The predicted octanol–water partition coefficient (Wildman–Crippen LogP) is 2.62. The van der Waals surface area contributed by atoms with Crippen LogP contribution in [0.4, 0.5) is 5.69 Å². The van der Waals surface area contributed by atoms with Crippen LogP contribution in [0.5, 0.6) is 17.2 Å². The number of hydrogen-bond acceptors (Lipinski definition) is 6. The SMILES string of the molecule is COc1ccc(NS(=O)(=O)c2ccc(OCC(=O)O)c(Cl)c2)c(OC)c1. The highest BCUT2D eigenvalue weighted by molar-refractivity contribution is 7.92. The number of carboxylic acids is 1. The van der Waals surface area contributed by atoms with Gasteiger partial charge >= 0.3 is 5.97 Å². The van der Waals surface area contributed by atoms with Gasteiger partial charge in [0.1, 0.15) is 17.2 Å². The number of hydrogen-bond donors (Lipinski definition) is 2. The van der Waals surface area contributed by atoms with E-state index >= 15 is 0 Å². The Balaban J connectivity index is 2.28. The lowest BCUT2D eigenvalue weighted by Gasteiger charge is -2.14. The molecule has 0 amide bonds. The molecule has 0 aromatic heterocycles. The van der Waals surface area contributed by atoms with Crippen LogP contribution in [0.3, 0.4) is 0 Å². The first kappa shape index (κ1) is 19.7. The van der Waals surface area contributed by atoms with E-state index < -0.39 is 22.6 Å². The fraction of sp³-hybridized carbons (Fsp3) is 0.188. The number of carboxylic acid groups (broad SMARTS) is 1. The van der Waals surface area contributed by atoms with E-state index in [9.17, 15) is 13.2 Å². The highest BCUT2D eigenvalue weighted by atomic mass is 35.5. The Labute approximate surface area is 155 Å². The smallest absolute Gasteiger partial charge is 0.341 e. The Hall–Kier alpha value is -2.65. The summed E-state index contributed by atoms with van der Waals surface area (Å²) < 4.78 is 42.7. The molecular weight excluding hydrogens is 386 g/mol. The molecule has 0 saturated carbocycles. The maximum atomic E-state index is 12.6. The molecule has 2 N–H and O–H groups in total. The topological polar surface area (TPSA) is 111 Å². The fourth-order valence-electron chi connectivity index (χ4n) is 1.99. The molecule has 0 aliphatic carbocycles. The van der Waals surface area contributed by atoms with Crippen LogP contribution < -0.4 is 18.9 Å². The van der Waals surface area contributed by atoms with Crippen molar-refractivity contribution in [3.8, 4) is 17.2 Å². The van der Waals surface area contributed by atoms with Crippen LogP contribution in [0.1, 0.15) is 0 Å². The molecule has 0 atom stereocenters. The number of anilines is 1. The van der Waals surface area contributed by atoms with Gasteiger partial charge in [0.05, 0.1) is 29.8 Å².